The van der Waals surface area contributed by atoms with Gasteiger partial charge in [0.25, 0.3) is 0 Å². The summed E-state index contributed by atoms with van der Waals surface area (Å²) in [4.78, 5) is 38.3. The van der Waals surface area contributed by atoms with Gasteiger partial charge in [-0.1, -0.05) is 0 Å². The zero-order chi connectivity index (χ0) is 33.2. The normalized spacial score (nSPS) is 19.4. The zero-order valence-corrected chi connectivity index (χ0v) is 22.7. The quantitative estimate of drug-likeness (QED) is 0.0898. The number of hydrogen-bond donors (Lipinski definition) is 10. The van der Waals surface area contributed by atoms with E-state index in [0.29, 0.717) is 0 Å². The molecule has 10 N–H and O–H groups in total. The molecule has 4 atom stereocenters. The first-order valence-corrected chi connectivity index (χ1v) is 12.8. The van der Waals surface area contributed by atoms with Crippen molar-refractivity contribution < 1.29 is 84.4 Å². The number of ether oxygens (including phenoxy) is 4. The van der Waals surface area contributed by atoms with Gasteiger partial charge in [-0.2, -0.15) is 0 Å². The molecule has 0 amide bonds. The minimum absolute atomic E-state index is 0.250. The number of carbonyl (C=O) groups is 3. The molecule has 240 valence electrons. The van der Waals surface area contributed by atoms with Crippen molar-refractivity contribution in [2.45, 2.75) is 31.0 Å². The lowest BCUT2D eigenvalue weighted by atomic mass is 9.99. The number of aliphatic hydroxyl groups excluding tert-OH is 2. The van der Waals surface area contributed by atoms with Crippen LogP contribution in [0, 0.1) is 0 Å². The van der Waals surface area contributed by atoms with E-state index < -0.39 is 125 Å². The van der Waals surface area contributed by atoms with E-state index >= 15 is 0 Å². The maximum atomic E-state index is 13.0. The Morgan fingerprint density at radius 1 is 0.667 bits per heavy atom. The maximum absolute atomic E-state index is 13.0. The molecular formula is C28H26O17. The van der Waals surface area contributed by atoms with Gasteiger partial charge >= 0.3 is 17.9 Å². The van der Waals surface area contributed by atoms with Gasteiger partial charge in [0.1, 0.15) is 18.8 Å². The molecule has 0 aromatic heterocycles. The van der Waals surface area contributed by atoms with E-state index in [1.165, 1.54) is 0 Å². The molecule has 1 aliphatic heterocycles. The second kappa shape index (κ2) is 12.9. The van der Waals surface area contributed by atoms with Crippen LogP contribution in [0.4, 0.5) is 0 Å². The lowest BCUT2D eigenvalue weighted by molar-refractivity contribution is -0.196. The van der Waals surface area contributed by atoms with E-state index in [1.54, 1.807) is 0 Å². The van der Waals surface area contributed by atoms with Crippen LogP contribution in [-0.4, -0.2) is 107 Å². The monoisotopic (exact) mass is 634 g/mol. The molecule has 4 rings (SSSR count). The zero-order valence-electron chi connectivity index (χ0n) is 22.7. The summed E-state index contributed by atoms with van der Waals surface area (Å²) in [5.41, 5.74) is -1.51. The SMILES string of the molecule is O=C(OCC1OCC(OC(=O)c2cc(O)c(O)c(O)c2)C(OC(=O)c2cc(O)c(O)c(CO)c2)C1O)c1cc(O)c(O)c(O)c1. The summed E-state index contributed by atoms with van der Waals surface area (Å²) >= 11 is 0. The molecule has 0 bridgehead atoms. The average molecular weight is 634 g/mol. The van der Waals surface area contributed by atoms with Crippen LogP contribution in [0.1, 0.15) is 36.6 Å². The van der Waals surface area contributed by atoms with Crippen molar-refractivity contribution in [1.29, 1.82) is 0 Å². The Hall–Kier alpha value is -5.65. The maximum Gasteiger partial charge on any atom is 0.338 e. The van der Waals surface area contributed by atoms with Crippen molar-refractivity contribution in [3.8, 4) is 46.0 Å². The standard InChI is InChI=1S/C28H26O17/c29-7-13-1-10(2-14(30)21(13)35)28(41)45-25-20(44-27(40)12-5-17(33)23(37)18(34)6-12)9-42-19(24(25)38)8-43-26(39)11-3-15(31)22(36)16(32)4-11/h1-6,19-20,24-25,29-38H,7-9H2. The first kappa shape index (κ1) is 32.3. The predicted molar refractivity (Wildman–Crippen MR) is 143 cm³/mol. The summed E-state index contributed by atoms with van der Waals surface area (Å²) in [6.45, 7) is -2.09. The van der Waals surface area contributed by atoms with Crippen LogP contribution < -0.4 is 0 Å². The number of hydrogen-bond acceptors (Lipinski definition) is 17. The molecule has 1 saturated heterocycles. The fourth-order valence-corrected chi connectivity index (χ4v) is 4.24. The fourth-order valence-electron chi connectivity index (χ4n) is 4.24. The van der Waals surface area contributed by atoms with Crippen LogP contribution in [0.2, 0.25) is 0 Å². The third-order valence-electron chi connectivity index (χ3n) is 6.62. The fraction of sp³-hybridized carbons (Fsp3) is 0.250. The number of phenols is 8. The molecule has 0 radical (unpaired) electrons. The summed E-state index contributed by atoms with van der Waals surface area (Å²) in [7, 11) is 0. The number of aromatic hydroxyl groups is 8. The second-order valence-electron chi connectivity index (χ2n) is 9.66. The minimum atomic E-state index is -1.89. The van der Waals surface area contributed by atoms with E-state index in [2.05, 4.69) is 0 Å². The summed E-state index contributed by atoms with van der Waals surface area (Å²) < 4.78 is 21.2. The van der Waals surface area contributed by atoms with Crippen molar-refractivity contribution in [2.75, 3.05) is 13.2 Å². The molecule has 0 aliphatic carbocycles. The Morgan fingerprint density at radius 2 is 1.11 bits per heavy atom. The van der Waals surface area contributed by atoms with Gasteiger partial charge in [0.15, 0.2) is 58.2 Å². The molecule has 1 heterocycles. The van der Waals surface area contributed by atoms with E-state index in [0.717, 1.165) is 36.4 Å². The van der Waals surface area contributed by atoms with Crippen molar-refractivity contribution in [1.82, 2.24) is 0 Å². The number of rotatable bonds is 8. The minimum Gasteiger partial charge on any atom is -0.504 e. The van der Waals surface area contributed by atoms with Gasteiger partial charge in [0.05, 0.1) is 29.9 Å². The molecule has 0 spiro atoms. The van der Waals surface area contributed by atoms with Gasteiger partial charge in [-0.25, -0.2) is 14.4 Å². The molecule has 4 unspecified atom stereocenters. The average Bonchev–Trinajstić information content (AvgIpc) is 3.00. The third kappa shape index (κ3) is 6.80. The van der Waals surface area contributed by atoms with Crippen LogP contribution in [0.5, 0.6) is 46.0 Å². The van der Waals surface area contributed by atoms with Gasteiger partial charge in [0.2, 0.25) is 0 Å². The van der Waals surface area contributed by atoms with Crippen LogP contribution in [-0.2, 0) is 25.6 Å². The molecule has 45 heavy (non-hydrogen) atoms. The van der Waals surface area contributed by atoms with Crippen LogP contribution in [0.15, 0.2) is 36.4 Å². The van der Waals surface area contributed by atoms with Gasteiger partial charge in [-0.3, -0.25) is 0 Å². The molecule has 17 nitrogen and oxygen atoms in total. The summed E-state index contributed by atoms with van der Waals surface area (Å²) in [6, 6.07) is 4.89. The van der Waals surface area contributed by atoms with Crippen molar-refractivity contribution >= 4 is 17.9 Å². The van der Waals surface area contributed by atoms with Gasteiger partial charge in [0, 0.05) is 5.56 Å². The van der Waals surface area contributed by atoms with Gasteiger partial charge in [-0.05, 0) is 36.4 Å². The molecule has 3 aromatic rings. The van der Waals surface area contributed by atoms with Crippen LogP contribution >= 0.6 is 0 Å². The third-order valence-corrected chi connectivity index (χ3v) is 6.62. The summed E-state index contributed by atoms with van der Waals surface area (Å²) in [6.07, 6.45) is -6.69. The number of phenolic OH excluding ortho intramolecular Hbond substituents is 7. The molecule has 1 fully saturated rings. The lowest BCUT2D eigenvalue weighted by Crippen LogP contribution is -2.57. The Bertz CT molecular complexity index is 1590. The number of benzene rings is 3. The number of aliphatic hydroxyl groups is 2. The number of carbonyl (C=O) groups excluding carboxylic acids is 3. The van der Waals surface area contributed by atoms with Crippen LogP contribution in [0.3, 0.4) is 0 Å². The van der Waals surface area contributed by atoms with E-state index in [1.807, 2.05) is 0 Å². The predicted octanol–water partition coefficient (Wildman–Crippen LogP) is 0.191. The summed E-state index contributed by atoms with van der Waals surface area (Å²) in [5.74, 6) is -10.3. The smallest absolute Gasteiger partial charge is 0.338 e. The van der Waals surface area contributed by atoms with Crippen molar-refractivity contribution in [2.24, 2.45) is 0 Å². The largest absolute Gasteiger partial charge is 0.504 e. The highest BCUT2D eigenvalue weighted by molar-refractivity contribution is 5.92. The Balaban J connectivity index is 1.57. The molecule has 17 heteroatoms. The first-order chi connectivity index (χ1) is 21.2. The van der Waals surface area contributed by atoms with E-state index in [9.17, 15) is 65.4 Å². The topological polar surface area (TPSA) is 290 Å². The Morgan fingerprint density at radius 3 is 1.62 bits per heavy atom. The van der Waals surface area contributed by atoms with Crippen molar-refractivity contribution in [3.05, 3.63) is 58.7 Å². The second-order valence-corrected chi connectivity index (χ2v) is 9.66. The summed E-state index contributed by atoms with van der Waals surface area (Å²) in [5, 5.41) is 98.0. The molecule has 1 aliphatic rings. The molecule has 3 aromatic carbocycles. The highest BCUT2D eigenvalue weighted by atomic mass is 16.6. The molecular weight excluding hydrogens is 608 g/mol. The van der Waals surface area contributed by atoms with Gasteiger partial charge < -0.3 is 70.0 Å². The Kier molecular flexibility index (Phi) is 9.26. The number of esters is 3. The molecule has 0 saturated carbocycles. The Labute approximate surface area is 251 Å². The van der Waals surface area contributed by atoms with Crippen molar-refractivity contribution in [3.63, 3.8) is 0 Å². The highest BCUT2D eigenvalue weighted by Gasteiger charge is 2.45. The lowest BCUT2D eigenvalue weighted by Gasteiger charge is -2.38. The first-order valence-electron chi connectivity index (χ1n) is 12.8. The van der Waals surface area contributed by atoms with Crippen LogP contribution in [0.25, 0.3) is 0 Å². The van der Waals surface area contributed by atoms with E-state index in [-0.39, 0.29) is 5.56 Å². The van der Waals surface area contributed by atoms with Gasteiger partial charge in [-0.15, -0.1) is 0 Å². The van der Waals surface area contributed by atoms with E-state index in [4.69, 9.17) is 18.9 Å². The highest BCUT2D eigenvalue weighted by Crippen LogP contribution is 2.37.